The Kier molecular flexibility index (Phi) is 4.07. The highest BCUT2D eigenvalue weighted by molar-refractivity contribution is 9.10. The molecule has 25 heavy (non-hydrogen) atoms. The lowest BCUT2D eigenvalue weighted by Gasteiger charge is -2.15. The lowest BCUT2D eigenvalue weighted by Crippen LogP contribution is -2.25. The van der Waals surface area contributed by atoms with Crippen molar-refractivity contribution in [2.75, 3.05) is 6.61 Å². The molecule has 0 saturated carbocycles. The van der Waals surface area contributed by atoms with Crippen LogP contribution in [-0.2, 0) is 22.5 Å². The van der Waals surface area contributed by atoms with Gasteiger partial charge in [0, 0.05) is 22.9 Å². The van der Waals surface area contributed by atoms with Crippen molar-refractivity contribution in [2.45, 2.75) is 32.4 Å². The van der Waals surface area contributed by atoms with Crippen molar-refractivity contribution in [3.05, 3.63) is 46.3 Å². The number of aromatic nitrogens is 4. The summed E-state index contributed by atoms with van der Waals surface area (Å²) in [5, 5.41) is 4.77. The molecule has 1 aliphatic rings. The number of nitrogens with zero attached hydrogens (tertiary/aromatic N) is 4. The molecule has 0 spiro atoms. The predicted molar refractivity (Wildman–Crippen MR) is 92.7 cm³/mol. The first kappa shape index (κ1) is 16.3. The Morgan fingerprint density at radius 3 is 3.12 bits per heavy atom. The third-order valence-corrected chi connectivity index (χ3v) is 4.84. The van der Waals surface area contributed by atoms with Crippen LogP contribution in [0.5, 0.6) is 0 Å². The van der Waals surface area contributed by atoms with Crippen molar-refractivity contribution in [3.8, 4) is 0 Å². The summed E-state index contributed by atoms with van der Waals surface area (Å²) in [7, 11) is 0. The van der Waals surface area contributed by atoms with Gasteiger partial charge in [-0.1, -0.05) is 15.9 Å². The molecule has 0 fully saturated rings. The monoisotopic (exact) mass is 406 g/mol. The quantitative estimate of drug-likeness (QED) is 0.624. The van der Waals surface area contributed by atoms with E-state index in [1.807, 2.05) is 4.57 Å². The smallest absolute Gasteiger partial charge is 0.337 e. The van der Waals surface area contributed by atoms with Crippen molar-refractivity contribution < 1.29 is 13.9 Å². The predicted octanol–water partition coefficient (Wildman–Crippen LogP) is 3.23. The molecular weight excluding hydrogens is 391 g/mol. The minimum atomic E-state index is -0.820. The Hall–Kier alpha value is -2.22. The van der Waals surface area contributed by atoms with Gasteiger partial charge >= 0.3 is 5.97 Å². The van der Waals surface area contributed by atoms with E-state index in [2.05, 4.69) is 26.0 Å². The Morgan fingerprint density at radius 1 is 1.48 bits per heavy atom. The van der Waals surface area contributed by atoms with E-state index in [-0.39, 0.29) is 6.61 Å². The Balaban J connectivity index is 1.86. The van der Waals surface area contributed by atoms with Crippen molar-refractivity contribution in [2.24, 2.45) is 0 Å². The van der Waals surface area contributed by atoms with E-state index in [9.17, 15) is 9.18 Å². The van der Waals surface area contributed by atoms with E-state index < -0.39 is 17.8 Å². The van der Waals surface area contributed by atoms with Gasteiger partial charge in [0.05, 0.1) is 29.5 Å². The summed E-state index contributed by atoms with van der Waals surface area (Å²) < 4.78 is 23.6. The molecule has 0 aliphatic carbocycles. The maximum atomic E-state index is 14.2. The van der Waals surface area contributed by atoms with Crippen LogP contribution in [0.3, 0.4) is 0 Å². The molecular formula is C17H16BrFN4O2. The zero-order valence-corrected chi connectivity index (χ0v) is 15.2. The maximum absolute atomic E-state index is 14.2. The van der Waals surface area contributed by atoms with Gasteiger partial charge in [-0.3, -0.25) is 4.68 Å². The number of hydrogen-bond acceptors (Lipinski definition) is 4. The summed E-state index contributed by atoms with van der Waals surface area (Å²) >= 11 is 3.27. The molecule has 0 radical (unpaired) electrons. The van der Waals surface area contributed by atoms with E-state index in [0.29, 0.717) is 21.1 Å². The first-order chi connectivity index (χ1) is 12.1. The van der Waals surface area contributed by atoms with Gasteiger partial charge in [0.15, 0.2) is 6.04 Å². The standard InChI is InChI=1S/C17H16BrFN4O2/c1-2-25-17(24)16(15-14-4-3-5-22(14)9-20-15)23-8-11-12(19)6-10(18)7-13(11)21-23/h6-9,16H,2-5H2,1H3. The second-order valence-electron chi connectivity index (χ2n) is 5.96. The van der Waals surface area contributed by atoms with Crippen molar-refractivity contribution in [1.29, 1.82) is 0 Å². The van der Waals surface area contributed by atoms with Crippen LogP contribution in [0.1, 0.15) is 30.8 Å². The number of esters is 1. The fourth-order valence-electron chi connectivity index (χ4n) is 3.30. The molecule has 4 rings (SSSR count). The first-order valence-electron chi connectivity index (χ1n) is 8.13. The summed E-state index contributed by atoms with van der Waals surface area (Å²) in [5.74, 6) is -0.837. The van der Waals surface area contributed by atoms with Gasteiger partial charge < -0.3 is 9.30 Å². The van der Waals surface area contributed by atoms with Gasteiger partial charge in [0.1, 0.15) is 5.82 Å². The van der Waals surface area contributed by atoms with Gasteiger partial charge in [0.2, 0.25) is 0 Å². The van der Waals surface area contributed by atoms with Crippen molar-refractivity contribution in [1.82, 2.24) is 19.3 Å². The molecule has 0 amide bonds. The number of carbonyl (C=O) groups is 1. The molecule has 130 valence electrons. The summed E-state index contributed by atoms with van der Waals surface area (Å²) in [5.41, 5.74) is 2.11. The third kappa shape index (κ3) is 2.74. The lowest BCUT2D eigenvalue weighted by molar-refractivity contribution is -0.146. The summed E-state index contributed by atoms with van der Waals surface area (Å²) in [6.07, 6.45) is 5.15. The first-order valence-corrected chi connectivity index (χ1v) is 8.92. The second-order valence-corrected chi connectivity index (χ2v) is 6.87. The highest BCUT2D eigenvalue weighted by atomic mass is 79.9. The number of aryl methyl sites for hydroxylation is 1. The number of imidazole rings is 1. The van der Waals surface area contributed by atoms with E-state index in [1.54, 1.807) is 25.5 Å². The molecule has 1 atom stereocenters. The largest absolute Gasteiger partial charge is 0.464 e. The molecule has 8 heteroatoms. The van der Waals surface area contributed by atoms with Gasteiger partial charge in [0.25, 0.3) is 0 Å². The molecule has 6 nitrogen and oxygen atoms in total. The van der Waals surface area contributed by atoms with E-state index >= 15 is 0 Å². The second kappa shape index (κ2) is 6.25. The van der Waals surface area contributed by atoms with Gasteiger partial charge in [-0.25, -0.2) is 14.2 Å². The molecule has 1 unspecified atom stereocenters. The number of fused-ring (bicyclic) bond motifs is 2. The highest BCUT2D eigenvalue weighted by Crippen LogP contribution is 2.29. The van der Waals surface area contributed by atoms with Crippen LogP contribution in [-0.4, -0.2) is 31.9 Å². The average molecular weight is 407 g/mol. The van der Waals surface area contributed by atoms with Gasteiger partial charge in [-0.15, -0.1) is 0 Å². The number of rotatable bonds is 4. The molecule has 0 bridgehead atoms. The van der Waals surface area contributed by atoms with Crippen LogP contribution in [0.4, 0.5) is 4.39 Å². The zero-order valence-electron chi connectivity index (χ0n) is 13.6. The van der Waals surface area contributed by atoms with Crippen LogP contribution >= 0.6 is 15.9 Å². The summed E-state index contributed by atoms with van der Waals surface area (Å²) in [4.78, 5) is 17.1. The molecule has 3 heterocycles. The zero-order chi connectivity index (χ0) is 17.6. The Bertz CT molecular complexity index is 965. The molecule has 3 aromatic rings. The highest BCUT2D eigenvalue weighted by Gasteiger charge is 2.32. The Labute approximate surface area is 151 Å². The molecule has 1 aliphatic heterocycles. The van der Waals surface area contributed by atoms with Gasteiger partial charge in [-0.2, -0.15) is 5.10 Å². The minimum Gasteiger partial charge on any atom is -0.464 e. The lowest BCUT2D eigenvalue weighted by atomic mass is 10.1. The number of carbonyl (C=O) groups excluding carboxylic acids is 1. The SMILES string of the molecule is CCOC(=O)C(c1ncn2c1CCC2)n1cc2c(F)cc(Br)cc2n1. The molecule has 0 N–H and O–H groups in total. The Morgan fingerprint density at radius 2 is 2.32 bits per heavy atom. The molecule has 0 saturated heterocycles. The fraction of sp³-hybridized carbons (Fsp3) is 0.353. The van der Waals surface area contributed by atoms with Crippen molar-refractivity contribution >= 4 is 32.8 Å². The molecule has 2 aromatic heterocycles. The van der Waals surface area contributed by atoms with E-state index in [1.165, 1.54) is 10.7 Å². The third-order valence-electron chi connectivity index (χ3n) is 4.38. The number of halogens is 2. The van der Waals surface area contributed by atoms with Crippen molar-refractivity contribution in [3.63, 3.8) is 0 Å². The van der Waals surface area contributed by atoms with Gasteiger partial charge in [-0.05, 0) is 31.9 Å². The van der Waals surface area contributed by atoms with Crippen LogP contribution in [0.15, 0.2) is 29.1 Å². The topological polar surface area (TPSA) is 61.9 Å². The summed E-state index contributed by atoms with van der Waals surface area (Å²) in [6, 6.07) is 2.27. The number of benzene rings is 1. The normalized spacial score (nSPS) is 14.7. The van der Waals surface area contributed by atoms with Crippen LogP contribution in [0.2, 0.25) is 0 Å². The number of hydrogen-bond donors (Lipinski definition) is 0. The van der Waals surface area contributed by atoms with E-state index in [4.69, 9.17) is 4.74 Å². The van der Waals surface area contributed by atoms with Crippen LogP contribution in [0, 0.1) is 5.82 Å². The average Bonchev–Trinajstić information content (AvgIpc) is 3.24. The molecule has 1 aromatic carbocycles. The van der Waals surface area contributed by atoms with Crippen LogP contribution in [0.25, 0.3) is 10.9 Å². The number of ether oxygens (including phenoxy) is 1. The van der Waals surface area contributed by atoms with E-state index in [0.717, 1.165) is 25.1 Å². The summed E-state index contributed by atoms with van der Waals surface area (Å²) in [6.45, 7) is 2.90. The fourth-order valence-corrected chi connectivity index (χ4v) is 3.72. The minimum absolute atomic E-state index is 0.256. The maximum Gasteiger partial charge on any atom is 0.337 e. The van der Waals surface area contributed by atoms with Crippen LogP contribution < -0.4 is 0 Å².